The van der Waals surface area contributed by atoms with Crippen molar-refractivity contribution in [3.8, 4) is 23.3 Å². The number of nitrogens with zero attached hydrogens (tertiary/aromatic N) is 5. The van der Waals surface area contributed by atoms with Crippen molar-refractivity contribution in [3.63, 3.8) is 0 Å². The molecule has 21 heavy (non-hydrogen) atoms. The minimum absolute atomic E-state index is 0.265. The molecule has 0 bridgehead atoms. The molecule has 0 radical (unpaired) electrons. The zero-order valence-corrected chi connectivity index (χ0v) is 11.5. The topological polar surface area (TPSA) is 94.7 Å². The normalized spacial score (nSPS) is 12.3. The van der Waals surface area contributed by atoms with E-state index in [9.17, 15) is 5.11 Å². The highest BCUT2D eigenvalue weighted by Crippen LogP contribution is 2.19. The van der Waals surface area contributed by atoms with Gasteiger partial charge in [0.15, 0.2) is 11.9 Å². The summed E-state index contributed by atoms with van der Waals surface area (Å²) in [5.74, 6) is 1.20. The van der Waals surface area contributed by atoms with Crippen molar-refractivity contribution in [2.75, 3.05) is 7.11 Å². The molecule has 0 aliphatic heterocycles. The summed E-state index contributed by atoms with van der Waals surface area (Å²) < 4.78 is 11.7. The molecule has 0 aliphatic carbocycles. The van der Waals surface area contributed by atoms with Crippen LogP contribution in [0.5, 0.6) is 11.8 Å². The standard InChI is InChI=1S/C13H13N5O3/c1-8(19)21-12-7-6-10-15-16-13(18(10)17-12)9-4-3-5-11(14-9)20-2/h3-8,19H,1-2H3. The number of pyridine rings is 1. The fraction of sp³-hybridized carbons (Fsp3) is 0.231. The second kappa shape index (κ2) is 5.33. The molecule has 0 aromatic carbocycles. The zero-order valence-electron chi connectivity index (χ0n) is 11.5. The third-order valence-electron chi connectivity index (χ3n) is 2.69. The van der Waals surface area contributed by atoms with Crippen LogP contribution in [0.4, 0.5) is 0 Å². The lowest BCUT2D eigenvalue weighted by Crippen LogP contribution is -2.11. The molecule has 3 rings (SSSR count). The highest BCUT2D eigenvalue weighted by Gasteiger charge is 2.13. The predicted molar refractivity (Wildman–Crippen MR) is 72.9 cm³/mol. The number of hydrogen-bond acceptors (Lipinski definition) is 7. The Labute approximate surface area is 120 Å². The average molecular weight is 287 g/mol. The Hall–Kier alpha value is -2.74. The Balaban J connectivity index is 2.09. The first kappa shape index (κ1) is 13.3. The van der Waals surface area contributed by atoms with Crippen LogP contribution in [0, 0.1) is 0 Å². The van der Waals surface area contributed by atoms with Gasteiger partial charge in [0.2, 0.25) is 17.6 Å². The van der Waals surface area contributed by atoms with Crippen molar-refractivity contribution in [2.24, 2.45) is 0 Å². The van der Waals surface area contributed by atoms with E-state index in [0.717, 1.165) is 0 Å². The SMILES string of the molecule is COc1cccc(-c2nnc3ccc(OC(C)O)nn23)n1. The van der Waals surface area contributed by atoms with E-state index in [4.69, 9.17) is 9.47 Å². The Bertz CT molecular complexity index is 771. The van der Waals surface area contributed by atoms with Crippen molar-refractivity contribution in [1.29, 1.82) is 0 Å². The van der Waals surface area contributed by atoms with Gasteiger partial charge < -0.3 is 14.6 Å². The summed E-state index contributed by atoms with van der Waals surface area (Å²) in [5.41, 5.74) is 1.12. The Kier molecular flexibility index (Phi) is 3.36. The van der Waals surface area contributed by atoms with Crippen LogP contribution in [0.1, 0.15) is 6.92 Å². The Morgan fingerprint density at radius 1 is 1.14 bits per heavy atom. The molecular weight excluding hydrogens is 274 g/mol. The van der Waals surface area contributed by atoms with E-state index < -0.39 is 6.29 Å². The van der Waals surface area contributed by atoms with Gasteiger partial charge in [0.1, 0.15) is 5.69 Å². The van der Waals surface area contributed by atoms with Gasteiger partial charge in [-0.05, 0) is 19.1 Å². The molecule has 8 heteroatoms. The second-order valence-electron chi connectivity index (χ2n) is 4.25. The van der Waals surface area contributed by atoms with E-state index in [0.29, 0.717) is 23.0 Å². The second-order valence-corrected chi connectivity index (χ2v) is 4.25. The van der Waals surface area contributed by atoms with Crippen LogP contribution in [0.15, 0.2) is 30.3 Å². The number of ether oxygens (including phenoxy) is 2. The molecule has 0 aliphatic rings. The molecule has 1 unspecified atom stereocenters. The smallest absolute Gasteiger partial charge is 0.234 e. The highest BCUT2D eigenvalue weighted by molar-refractivity contribution is 5.55. The number of aliphatic hydroxyl groups is 1. The predicted octanol–water partition coefficient (Wildman–Crippen LogP) is 0.912. The molecule has 108 valence electrons. The quantitative estimate of drug-likeness (QED) is 0.713. The fourth-order valence-electron chi connectivity index (χ4n) is 1.82. The fourth-order valence-corrected chi connectivity index (χ4v) is 1.82. The van der Waals surface area contributed by atoms with Crippen LogP contribution in [0.2, 0.25) is 0 Å². The number of methoxy groups -OCH3 is 1. The lowest BCUT2D eigenvalue weighted by Gasteiger charge is -2.07. The molecule has 0 amide bonds. The van der Waals surface area contributed by atoms with Gasteiger partial charge in [-0.1, -0.05) is 6.07 Å². The molecule has 0 spiro atoms. The number of aromatic nitrogens is 5. The maximum Gasteiger partial charge on any atom is 0.234 e. The molecule has 3 aromatic heterocycles. The van der Waals surface area contributed by atoms with Crippen LogP contribution in [0.3, 0.4) is 0 Å². The summed E-state index contributed by atoms with van der Waals surface area (Å²) in [7, 11) is 1.54. The average Bonchev–Trinajstić information content (AvgIpc) is 2.90. The van der Waals surface area contributed by atoms with Gasteiger partial charge >= 0.3 is 0 Å². The van der Waals surface area contributed by atoms with E-state index in [1.807, 2.05) is 0 Å². The largest absolute Gasteiger partial charge is 0.481 e. The summed E-state index contributed by atoms with van der Waals surface area (Å²) >= 11 is 0. The zero-order chi connectivity index (χ0) is 14.8. The van der Waals surface area contributed by atoms with Crippen LogP contribution in [-0.4, -0.2) is 43.3 Å². The van der Waals surface area contributed by atoms with Gasteiger partial charge in [-0.15, -0.1) is 15.3 Å². The first-order valence-electron chi connectivity index (χ1n) is 6.26. The van der Waals surface area contributed by atoms with Crippen molar-refractivity contribution < 1.29 is 14.6 Å². The third kappa shape index (κ3) is 2.61. The summed E-state index contributed by atoms with van der Waals surface area (Å²) in [4.78, 5) is 4.30. The lowest BCUT2D eigenvalue weighted by molar-refractivity contribution is -0.00451. The van der Waals surface area contributed by atoms with Gasteiger partial charge in [-0.3, -0.25) is 0 Å². The highest BCUT2D eigenvalue weighted by atomic mass is 16.6. The van der Waals surface area contributed by atoms with E-state index in [1.165, 1.54) is 11.4 Å². The van der Waals surface area contributed by atoms with Gasteiger partial charge in [0, 0.05) is 12.1 Å². The van der Waals surface area contributed by atoms with Crippen molar-refractivity contribution in [1.82, 2.24) is 24.8 Å². The van der Waals surface area contributed by atoms with E-state index in [-0.39, 0.29) is 5.88 Å². The maximum absolute atomic E-state index is 9.25. The number of fused-ring (bicyclic) bond motifs is 1. The molecule has 0 fully saturated rings. The van der Waals surface area contributed by atoms with Gasteiger partial charge in [0.25, 0.3) is 0 Å². The third-order valence-corrected chi connectivity index (χ3v) is 2.69. The van der Waals surface area contributed by atoms with E-state index in [1.54, 1.807) is 37.4 Å². The van der Waals surface area contributed by atoms with Gasteiger partial charge in [0.05, 0.1) is 7.11 Å². The number of rotatable bonds is 4. The number of aliphatic hydroxyl groups excluding tert-OH is 1. The van der Waals surface area contributed by atoms with E-state index >= 15 is 0 Å². The molecule has 8 nitrogen and oxygen atoms in total. The number of hydrogen-bond donors (Lipinski definition) is 1. The summed E-state index contributed by atoms with van der Waals surface area (Å²) in [5, 5.41) is 21.6. The maximum atomic E-state index is 9.25. The Morgan fingerprint density at radius 3 is 2.76 bits per heavy atom. The first-order valence-corrected chi connectivity index (χ1v) is 6.26. The molecule has 1 atom stereocenters. The van der Waals surface area contributed by atoms with E-state index in [2.05, 4.69) is 20.3 Å². The molecule has 0 saturated heterocycles. The minimum atomic E-state index is -0.954. The van der Waals surface area contributed by atoms with Crippen LogP contribution >= 0.6 is 0 Å². The lowest BCUT2D eigenvalue weighted by atomic mass is 10.3. The first-order chi connectivity index (χ1) is 10.2. The summed E-state index contributed by atoms with van der Waals surface area (Å²) in [6, 6.07) is 8.63. The van der Waals surface area contributed by atoms with Crippen molar-refractivity contribution in [2.45, 2.75) is 13.2 Å². The van der Waals surface area contributed by atoms with Crippen LogP contribution in [-0.2, 0) is 0 Å². The molecule has 3 aromatic rings. The van der Waals surface area contributed by atoms with Crippen LogP contribution < -0.4 is 9.47 Å². The summed E-state index contributed by atoms with van der Waals surface area (Å²) in [6.45, 7) is 1.50. The summed E-state index contributed by atoms with van der Waals surface area (Å²) in [6.07, 6.45) is -0.954. The van der Waals surface area contributed by atoms with Gasteiger partial charge in [-0.25, -0.2) is 4.98 Å². The Morgan fingerprint density at radius 2 is 2.00 bits per heavy atom. The minimum Gasteiger partial charge on any atom is -0.481 e. The molecule has 1 N–H and O–H groups in total. The van der Waals surface area contributed by atoms with Crippen molar-refractivity contribution >= 4 is 5.65 Å². The van der Waals surface area contributed by atoms with Crippen molar-refractivity contribution in [3.05, 3.63) is 30.3 Å². The molecule has 0 saturated carbocycles. The molecule has 3 heterocycles. The van der Waals surface area contributed by atoms with Crippen LogP contribution in [0.25, 0.3) is 17.2 Å². The molecular formula is C13H13N5O3. The monoisotopic (exact) mass is 287 g/mol. The van der Waals surface area contributed by atoms with Gasteiger partial charge in [-0.2, -0.15) is 4.52 Å².